The Bertz CT molecular complexity index is 607. The van der Waals surface area contributed by atoms with Crippen molar-refractivity contribution >= 4 is 35.1 Å². The van der Waals surface area contributed by atoms with Gasteiger partial charge in [-0.1, -0.05) is 24.6 Å². The summed E-state index contributed by atoms with van der Waals surface area (Å²) in [5.41, 5.74) is 2.97. The van der Waals surface area contributed by atoms with E-state index in [1.54, 1.807) is 41.8 Å². The molecule has 0 radical (unpaired) electrons. The summed E-state index contributed by atoms with van der Waals surface area (Å²) in [4.78, 5) is 14.1. The number of halogens is 1. The monoisotopic (exact) mass is 292 g/mol. The maximum atomic E-state index is 11.8. The number of hydrazone groups is 1. The Morgan fingerprint density at radius 1 is 1.42 bits per heavy atom. The maximum Gasteiger partial charge on any atom is 0.271 e. The fraction of sp³-hybridized carbons (Fsp3) is 0.143. The highest BCUT2D eigenvalue weighted by Crippen LogP contribution is 2.14. The molecule has 0 aliphatic rings. The van der Waals surface area contributed by atoms with Gasteiger partial charge in [-0.2, -0.15) is 5.10 Å². The first kappa shape index (κ1) is 13.8. The number of hydrogen-bond donors (Lipinski definition) is 1. The first-order valence-electron chi connectivity index (χ1n) is 5.86. The lowest BCUT2D eigenvalue weighted by Crippen LogP contribution is -2.17. The molecule has 98 valence electrons. The van der Waals surface area contributed by atoms with Crippen LogP contribution in [0.4, 0.5) is 0 Å². The third-order valence-electron chi connectivity index (χ3n) is 2.48. The van der Waals surface area contributed by atoms with Crippen LogP contribution in [0.5, 0.6) is 0 Å². The van der Waals surface area contributed by atoms with Gasteiger partial charge in [0.15, 0.2) is 0 Å². The molecule has 1 aromatic carbocycles. The molecule has 0 saturated carbocycles. The molecule has 0 bridgehead atoms. The van der Waals surface area contributed by atoms with Gasteiger partial charge in [-0.15, -0.1) is 11.3 Å². The predicted octanol–water partition coefficient (Wildman–Crippen LogP) is 3.73. The van der Waals surface area contributed by atoms with Crippen molar-refractivity contribution in [2.24, 2.45) is 5.10 Å². The van der Waals surface area contributed by atoms with Crippen molar-refractivity contribution in [2.75, 3.05) is 0 Å². The zero-order chi connectivity index (χ0) is 13.7. The van der Waals surface area contributed by atoms with E-state index in [4.69, 9.17) is 11.6 Å². The zero-order valence-corrected chi connectivity index (χ0v) is 12.0. The fourth-order valence-corrected chi connectivity index (χ4v) is 2.52. The van der Waals surface area contributed by atoms with Crippen LogP contribution in [-0.4, -0.2) is 12.1 Å². The van der Waals surface area contributed by atoms with Crippen LogP contribution in [0.25, 0.3) is 0 Å². The number of rotatable bonds is 4. The highest BCUT2D eigenvalue weighted by atomic mass is 35.5. The summed E-state index contributed by atoms with van der Waals surface area (Å²) < 4.78 is 0. The van der Waals surface area contributed by atoms with Crippen LogP contribution in [0, 0.1) is 0 Å². The van der Waals surface area contributed by atoms with Crippen molar-refractivity contribution in [3.63, 3.8) is 0 Å². The number of carbonyl (C=O) groups excluding carboxylic acids is 1. The summed E-state index contributed by atoms with van der Waals surface area (Å²) in [6.07, 6.45) is 2.65. The van der Waals surface area contributed by atoms with Gasteiger partial charge in [-0.25, -0.2) is 5.43 Å². The van der Waals surface area contributed by atoms with Gasteiger partial charge in [0.1, 0.15) is 0 Å². The van der Waals surface area contributed by atoms with E-state index in [9.17, 15) is 4.79 Å². The van der Waals surface area contributed by atoms with Crippen molar-refractivity contribution in [1.82, 2.24) is 5.43 Å². The third kappa shape index (κ3) is 3.91. The molecule has 0 atom stereocenters. The Morgan fingerprint density at radius 3 is 2.95 bits per heavy atom. The second-order valence-corrected chi connectivity index (χ2v) is 5.50. The highest BCUT2D eigenvalue weighted by molar-refractivity contribution is 7.13. The Morgan fingerprint density at radius 2 is 2.26 bits per heavy atom. The molecular formula is C14H13ClN2OS. The SMILES string of the molecule is CCc1ccc(/C=N/NC(=O)c2cccc(Cl)c2)s1. The van der Waals surface area contributed by atoms with E-state index >= 15 is 0 Å². The highest BCUT2D eigenvalue weighted by Gasteiger charge is 2.03. The van der Waals surface area contributed by atoms with Gasteiger partial charge in [0.05, 0.1) is 6.21 Å². The number of aryl methyl sites for hydroxylation is 1. The van der Waals surface area contributed by atoms with Crippen LogP contribution < -0.4 is 5.43 Å². The first-order valence-corrected chi connectivity index (χ1v) is 7.06. The van der Waals surface area contributed by atoms with Crippen LogP contribution in [0.1, 0.15) is 27.0 Å². The fourth-order valence-electron chi connectivity index (χ4n) is 1.50. The van der Waals surface area contributed by atoms with Crippen molar-refractivity contribution in [3.8, 4) is 0 Å². The van der Waals surface area contributed by atoms with E-state index in [0.29, 0.717) is 10.6 Å². The van der Waals surface area contributed by atoms with E-state index in [2.05, 4.69) is 23.5 Å². The number of carbonyl (C=O) groups is 1. The van der Waals surface area contributed by atoms with Crippen LogP contribution in [0.15, 0.2) is 41.5 Å². The average molecular weight is 293 g/mol. The van der Waals surface area contributed by atoms with Gasteiger partial charge in [0.2, 0.25) is 0 Å². The van der Waals surface area contributed by atoms with Gasteiger partial charge in [0, 0.05) is 20.3 Å². The Kier molecular flexibility index (Phi) is 4.71. The lowest BCUT2D eigenvalue weighted by molar-refractivity contribution is 0.0955. The second kappa shape index (κ2) is 6.50. The van der Waals surface area contributed by atoms with Gasteiger partial charge < -0.3 is 0 Å². The van der Waals surface area contributed by atoms with E-state index in [-0.39, 0.29) is 5.91 Å². The molecule has 3 nitrogen and oxygen atoms in total. The molecule has 0 fully saturated rings. The Labute approximate surface area is 120 Å². The summed E-state index contributed by atoms with van der Waals surface area (Å²) in [6, 6.07) is 10.8. The molecule has 2 rings (SSSR count). The van der Waals surface area contributed by atoms with E-state index in [1.165, 1.54) is 4.88 Å². The predicted molar refractivity (Wildman–Crippen MR) is 80.2 cm³/mol. The Balaban J connectivity index is 1.96. The van der Waals surface area contributed by atoms with Gasteiger partial charge in [-0.05, 0) is 36.8 Å². The summed E-state index contributed by atoms with van der Waals surface area (Å²) in [5.74, 6) is -0.272. The number of hydrogen-bond acceptors (Lipinski definition) is 3. The largest absolute Gasteiger partial charge is 0.271 e. The minimum Gasteiger partial charge on any atom is -0.267 e. The molecule has 0 aliphatic heterocycles. The lowest BCUT2D eigenvalue weighted by atomic mass is 10.2. The molecule has 0 aliphatic carbocycles. The number of thiophene rings is 1. The summed E-state index contributed by atoms with van der Waals surface area (Å²) >= 11 is 7.48. The molecule has 1 aromatic heterocycles. The molecule has 1 heterocycles. The van der Waals surface area contributed by atoms with Crippen LogP contribution in [0.2, 0.25) is 5.02 Å². The molecule has 5 heteroatoms. The average Bonchev–Trinajstić information content (AvgIpc) is 2.86. The van der Waals surface area contributed by atoms with E-state index in [0.717, 1.165) is 11.3 Å². The number of nitrogens with one attached hydrogen (secondary N) is 1. The van der Waals surface area contributed by atoms with Crippen LogP contribution >= 0.6 is 22.9 Å². The van der Waals surface area contributed by atoms with E-state index < -0.39 is 0 Å². The topological polar surface area (TPSA) is 41.5 Å². The summed E-state index contributed by atoms with van der Waals surface area (Å²) in [5, 5.41) is 4.47. The smallest absolute Gasteiger partial charge is 0.267 e. The van der Waals surface area contributed by atoms with Crippen molar-refractivity contribution in [2.45, 2.75) is 13.3 Å². The molecule has 0 spiro atoms. The Hall–Kier alpha value is -1.65. The van der Waals surface area contributed by atoms with Gasteiger partial charge >= 0.3 is 0 Å². The summed E-state index contributed by atoms with van der Waals surface area (Å²) in [6.45, 7) is 2.10. The number of amides is 1. The normalized spacial score (nSPS) is 10.8. The summed E-state index contributed by atoms with van der Waals surface area (Å²) in [7, 11) is 0. The van der Waals surface area contributed by atoms with Gasteiger partial charge in [-0.3, -0.25) is 4.79 Å². The standard InChI is InChI=1S/C14H13ClN2OS/c1-2-12-6-7-13(19-12)9-16-17-14(18)10-4-3-5-11(15)8-10/h3-9H,2H2,1H3,(H,17,18)/b16-9+. The van der Waals surface area contributed by atoms with Crippen molar-refractivity contribution < 1.29 is 4.79 Å². The molecule has 0 saturated heterocycles. The van der Waals surface area contributed by atoms with Gasteiger partial charge in [0.25, 0.3) is 5.91 Å². The molecule has 1 N–H and O–H groups in total. The van der Waals surface area contributed by atoms with Crippen molar-refractivity contribution in [3.05, 3.63) is 56.7 Å². The van der Waals surface area contributed by atoms with Crippen molar-refractivity contribution in [1.29, 1.82) is 0 Å². The molecule has 19 heavy (non-hydrogen) atoms. The zero-order valence-electron chi connectivity index (χ0n) is 10.4. The second-order valence-electron chi connectivity index (χ2n) is 3.87. The maximum absolute atomic E-state index is 11.8. The molecule has 2 aromatic rings. The molecule has 1 amide bonds. The lowest BCUT2D eigenvalue weighted by Gasteiger charge is -1.99. The minimum atomic E-state index is -0.272. The third-order valence-corrected chi connectivity index (χ3v) is 3.87. The van der Waals surface area contributed by atoms with Crippen LogP contribution in [0.3, 0.4) is 0 Å². The molecule has 0 unspecified atom stereocenters. The number of nitrogens with zero attached hydrogens (tertiary/aromatic N) is 1. The quantitative estimate of drug-likeness (QED) is 0.677. The molecular weight excluding hydrogens is 280 g/mol. The number of benzene rings is 1. The van der Waals surface area contributed by atoms with Crippen LogP contribution in [-0.2, 0) is 6.42 Å². The first-order chi connectivity index (χ1) is 9.19. The minimum absolute atomic E-state index is 0.272. The van der Waals surface area contributed by atoms with E-state index in [1.807, 2.05) is 6.07 Å².